The topological polar surface area (TPSA) is 82.6 Å². The number of H-pyrrole nitrogens is 1. The minimum Gasteiger partial charge on any atom is -0.507 e. The van der Waals surface area contributed by atoms with E-state index in [0.717, 1.165) is 21.3 Å². The number of ketones is 1. The van der Waals surface area contributed by atoms with E-state index >= 15 is 0 Å². The lowest BCUT2D eigenvalue weighted by molar-refractivity contribution is -0.140. The molecule has 31 heavy (non-hydrogen) atoms. The zero-order chi connectivity index (χ0) is 22.1. The number of aromatic amines is 1. The van der Waals surface area contributed by atoms with Crippen LogP contribution in [0, 0.1) is 6.92 Å². The van der Waals surface area contributed by atoms with Gasteiger partial charge in [-0.3, -0.25) is 9.59 Å². The van der Waals surface area contributed by atoms with E-state index in [1.807, 2.05) is 56.5 Å². The van der Waals surface area contributed by atoms with Gasteiger partial charge < -0.3 is 19.7 Å². The standard InChI is InChI=1S/C24H26N2O4S/c1-14(2)30-11-6-10-26-20(23-15(3)9-12-31-23)19(22(28)24(26)29)21(27)17-13-25-18-8-5-4-7-16(17)18/h4-5,7-9,12-14,20,25,27H,6,10-11H2,1-3H3/b21-19+. The highest BCUT2D eigenvalue weighted by atomic mass is 32.1. The average Bonchev–Trinajstić information content (AvgIpc) is 3.42. The molecule has 0 aliphatic carbocycles. The van der Waals surface area contributed by atoms with E-state index in [9.17, 15) is 14.7 Å². The fraction of sp³-hybridized carbons (Fsp3) is 0.333. The molecule has 3 heterocycles. The number of nitrogens with zero attached hydrogens (tertiary/aromatic N) is 1. The second-order valence-electron chi connectivity index (χ2n) is 7.98. The number of aliphatic hydroxyl groups is 1. The van der Waals surface area contributed by atoms with Crippen LogP contribution in [0.15, 0.2) is 47.5 Å². The number of carbonyl (C=O) groups is 2. The summed E-state index contributed by atoms with van der Waals surface area (Å²) in [4.78, 5) is 31.7. The molecule has 6 nitrogen and oxygen atoms in total. The lowest BCUT2D eigenvalue weighted by Crippen LogP contribution is -2.31. The molecule has 1 unspecified atom stereocenters. The van der Waals surface area contributed by atoms with E-state index < -0.39 is 17.7 Å². The third kappa shape index (κ3) is 3.91. The Morgan fingerprint density at radius 1 is 1.26 bits per heavy atom. The van der Waals surface area contributed by atoms with Crippen LogP contribution in [-0.4, -0.2) is 45.9 Å². The number of ether oxygens (including phenoxy) is 1. The van der Waals surface area contributed by atoms with Crippen molar-refractivity contribution in [1.29, 1.82) is 0 Å². The number of Topliss-reactive ketones (excluding diaryl/α,β-unsaturated/α-hetero) is 1. The molecule has 1 aliphatic heterocycles. The van der Waals surface area contributed by atoms with Gasteiger partial charge in [0.2, 0.25) is 0 Å². The highest BCUT2D eigenvalue weighted by Crippen LogP contribution is 2.43. The van der Waals surface area contributed by atoms with E-state index in [0.29, 0.717) is 25.1 Å². The zero-order valence-corrected chi connectivity index (χ0v) is 18.7. The Kier molecular flexibility index (Phi) is 5.98. The first kappa shape index (κ1) is 21.3. The highest BCUT2D eigenvalue weighted by molar-refractivity contribution is 7.10. The molecule has 1 amide bonds. The van der Waals surface area contributed by atoms with Crippen molar-refractivity contribution in [3.8, 4) is 0 Å². The number of fused-ring (bicyclic) bond motifs is 1. The summed E-state index contributed by atoms with van der Waals surface area (Å²) in [5.74, 6) is -1.37. The van der Waals surface area contributed by atoms with Gasteiger partial charge in [-0.15, -0.1) is 11.3 Å². The predicted molar refractivity (Wildman–Crippen MR) is 122 cm³/mol. The van der Waals surface area contributed by atoms with Crippen LogP contribution in [0.25, 0.3) is 16.7 Å². The molecule has 0 bridgehead atoms. The predicted octanol–water partition coefficient (Wildman–Crippen LogP) is 4.77. The Morgan fingerprint density at radius 3 is 2.74 bits per heavy atom. The number of amides is 1. The summed E-state index contributed by atoms with van der Waals surface area (Å²) in [6.07, 6.45) is 2.40. The molecule has 0 saturated carbocycles. The van der Waals surface area contributed by atoms with Crippen molar-refractivity contribution < 1.29 is 19.4 Å². The largest absolute Gasteiger partial charge is 0.507 e. The smallest absolute Gasteiger partial charge is 0.295 e. The number of aromatic nitrogens is 1. The van der Waals surface area contributed by atoms with Crippen LogP contribution in [0.2, 0.25) is 0 Å². The van der Waals surface area contributed by atoms with Crippen molar-refractivity contribution in [3.63, 3.8) is 0 Å². The molecule has 1 saturated heterocycles. The summed E-state index contributed by atoms with van der Waals surface area (Å²) < 4.78 is 5.61. The van der Waals surface area contributed by atoms with Gasteiger partial charge >= 0.3 is 0 Å². The van der Waals surface area contributed by atoms with Gasteiger partial charge in [-0.25, -0.2) is 0 Å². The molecule has 4 rings (SSSR count). The Labute approximate surface area is 185 Å². The summed E-state index contributed by atoms with van der Waals surface area (Å²) in [6, 6.07) is 8.92. The fourth-order valence-corrected chi connectivity index (χ4v) is 5.06. The number of hydrogen-bond donors (Lipinski definition) is 2. The number of thiophene rings is 1. The number of aliphatic hydroxyl groups excluding tert-OH is 1. The van der Waals surface area contributed by atoms with Crippen molar-refractivity contribution in [2.24, 2.45) is 0 Å². The van der Waals surface area contributed by atoms with Gasteiger partial charge in [-0.1, -0.05) is 18.2 Å². The number of benzene rings is 1. The SMILES string of the molecule is Cc1ccsc1C1/C(=C(\O)c2c[nH]c3ccccc23)C(=O)C(=O)N1CCCOC(C)C. The van der Waals surface area contributed by atoms with Crippen molar-refractivity contribution in [1.82, 2.24) is 9.88 Å². The van der Waals surface area contributed by atoms with Crippen LogP contribution in [-0.2, 0) is 14.3 Å². The number of aryl methyl sites for hydroxylation is 1. The van der Waals surface area contributed by atoms with E-state index in [4.69, 9.17) is 4.74 Å². The maximum Gasteiger partial charge on any atom is 0.295 e. The number of rotatable bonds is 7. The fourth-order valence-electron chi connectivity index (χ4n) is 4.01. The molecular formula is C24H26N2O4S. The number of nitrogens with one attached hydrogen (secondary N) is 1. The maximum absolute atomic E-state index is 13.1. The van der Waals surface area contributed by atoms with Crippen LogP contribution in [0.3, 0.4) is 0 Å². The van der Waals surface area contributed by atoms with Crippen molar-refractivity contribution in [2.45, 2.75) is 39.3 Å². The van der Waals surface area contributed by atoms with E-state index in [-0.39, 0.29) is 17.4 Å². The monoisotopic (exact) mass is 438 g/mol. The van der Waals surface area contributed by atoms with Crippen molar-refractivity contribution in [3.05, 3.63) is 63.5 Å². The van der Waals surface area contributed by atoms with Crippen LogP contribution in [0.5, 0.6) is 0 Å². The highest BCUT2D eigenvalue weighted by Gasteiger charge is 2.47. The summed E-state index contributed by atoms with van der Waals surface area (Å²) in [5, 5.41) is 14.0. The van der Waals surface area contributed by atoms with E-state index in [2.05, 4.69) is 4.98 Å². The van der Waals surface area contributed by atoms with Gasteiger partial charge in [0.1, 0.15) is 5.76 Å². The molecule has 2 N–H and O–H groups in total. The lowest BCUT2D eigenvalue weighted by atomic mass is 9.98. The molecular weight excluding hydrogens is 412 g/mol. The number of likely N-dealkylation sites (tertiary alicyclic amines) is 1. The summed E-state index contributed by atoms with van der Waals surface area (Å²) in [6.45, 7) is 6.76. The van der Waals surface area contributed by atoms with Gasteiger partial charge in [-0.05, 0) is 50.3 Å². The summed E-state index contributed by atoms with van der Waals surface area (Å²) in [5.41, 5.74) is 2.51. The normalized spacial score (nSPS) is 18.6. The van der Waals surface area contributed by atoms with E-state index in [1.165, 1.54) is 11.3 Å². The Bertz CT molecular complexity index is 1160. The van der Waals surface area contributed by atoms with Crippen molar-refractivity contribution >= 4 is 39.7 Å². The minimum atomic E-state index is -0.648. The van der Waals surface area contributed by atoms with Gasteiger partial charge in [0.15, 0.2) is 0 Å². The third-order valence-electron chi connectivity index (χ3n) is 5.53. The lowest BCUT2D eigenvalue weighted by Gasteiger charge is -2.25. The van der Waals surface area contributed by atoms with Crippen LogP contribution >= 0.6 is 11.3 Å². The molecule has 162 valence electrons. The van der Waals surface area contributed by atoms with Crippen LogP contribution in [0.4, 0.5) is 0 Å². The molecule has 1 fully saturated rings. The maximum atomic E-state index is 13.1. The molecule has 0 spiro atoms. The van der Waals surface area contributed by atoms with Gasteiger partial charge in [-0.2, -0.15) is 0 Å². The molecule has 7 heteroatoms. The Morgan fingerprint density at radius 2 is 2.03 bits per heavy atom. The van der Waals surface area contributed by atoms with Crippen molar-refractivity contribution in [2.75, 3.05) is 13.2 Å². The molecule has 3 aromatic rings. The Hall–Kier alpha value is -2.90. The average molecular weight is 439 g/mol. The van der Waals surface area contributed by atoms with Crippen LogP contribution in [0.1, 0.15) is 42.3 Å². The first-order valence-electron chi connectivity index (χ1n) is 10.4. The number of para-hydroxylation sites is 1. The van der Waals surface area contributed by atoms with E-state index in [1.54, 1.807) is 11.1 Å². The first-order valence-corrected chi connectivity index (χ1v) is 11.3. The number of carbonyl (C=O) groups excluding carboxylic acids is 2. The molecule has 1 aliphatic rings. The number of hydrogen-bond acceptors (Lipinski definition) is 5. The Balaban J connectivity index is 1.78. The van der Waals surface area contributed by atoms with Gasteiger partial charge in [0, 0.05) is 40.7 Å². The van der Waals surface area contributed by atoms with Gasteiger partial charge in [0.05, 0.1) is 17.7 Å². The third-order valence-corrected chi connectivity index (χ3v) is 6.60. The molecule has 0 radical (unpaired) electrons. The summed E-state index contributed by atoms with van der Waals surface area (Å²) >= 11 is 1.49. The second kappa shape index (κ2) is 8.69. The molecule has 2 aromatic heterocycles. The second-order valence-corrected chi connectivity index (χ2v) is 8.93. The zero-order valence-electron chi connectivity index (χ0n) is 17.8. The van der Waals surface area contributed by atoms with Gasteiger partial charge in [0.25, 0.3) is 11.7 Å². The summed E-state index contributed by atoms with van der Waals surface area (Å²) in [7, 11) is 0. The first-order chi connectivity index (χ1) is 14.9. The van der Waals surface area contributed by atoms with Crippen LogP contribution < -0.4 is 0 Å². The molecule has 1 atom stereocenters. The molecule has 1 aromatic carbocycles. The quantitative estimate of drug-likeness (QED) is 0.241. The minimum absolute atomic E-state index is 0.104.